The number of likely N-dealkylation sites (N-methyl/N-ethyl adjacent to an activating group) is 1. The van der Waals surface area contributed by atoms with Crippen LogP contribution in [0.2, 0.25) is 0 Å². The summed E-state index contributed by atoms with van der Waals surface area (Å²) in [5, 5.41) is 0. The van der Waals surface area contributed by atoms with Crippen LogP contribution >= 0.6 is 0 Å². The van der Waals surface area contributed by atoms with Crippen molar-refractivity contribution in [2.45, 2.75) is 32.7 Å². The average Bonchev–Trinajstić information content (AvgIpc) is 2.35. The summed E-state index contributed by atoms with van der Waals surface area (Å²) >= 11 is 0. The van der Waals surface area contributed by atoms with E-state index in [1.807, 2.05) is 12.4 Å². The third-order valence-electron chi connectivity index (χ3n) is 4.01. The highest BCUT2D eigenvalue weighted by molar-refractivity contribution is 5.10. The highest BCUT2D eigenvalue weighted by atomic mass is 15.2. The van der Waals surface area contributed by atoms with Gasteiger partial charge in [0, 0.05) is 31.0 Å². The van der Waals surface area contributed by atoms with Crippen LogP contribution in [0.4, 0.5) is 0 Å². The second-order valence-corrected chi connectivity index (χ2v) is 5.24. The van der Waals surface area contributed by atoms with Gasteiger partial charge in [0.2, 0.25) is 0 Å². The van der Waals surface area contributed by atoms with Crippen LogP contribution in [0.5, 0.6) is 0 Å². The van der Waals surface area contributed by atoms with E-state index in [1.165, 1.54) is 5.56 Å². The molecule has 0 spiro atoms. The maximum atomic E-state index is 5.93. The van der Waals surface area contributed by atoms with Gasteiger partial charge >= 0.3 is 0 Å². The summed E-state index contributed by atoms with van der Waals surface area (Å²) in [4.78, 5) is 6.41. The number of hydrogen-bond donors (Lipinski definition) is 1. The van der Waals surface area contributed by atoms with E-state index >= 15 is 0 Å². The summed E-state index contributed by atoms with van der Waals surface area (Å²) < 4.78 is 0. The van der Waals surface area contributed by atoms with Gasteiger partial charge in [-0.15, -0.1) is 0 Å². The van der Waals surface area contributed by atoms with E-state index in [9.17, 15) is 0 Å². The van der Waals surface area contributed by atoms with Crippen LogP contribution in [-0.4, -0.2) is 35.6 Å². The van der Waals surface area contributed by atoms with E-state index in [2.05, 4.69) is 49.8 Å². The van der Waals surface area contributed by atoms with Crippen LogP contribution in [0.1, 0.15) is 26.3 Å². The van der Waals surface area contributed by atoms with Crippen molar-refractivity contribution >= 4 is 0 Å². The molecule has 1 atom stereocenters. The normalized spacial score (nSPS) is 15.2. The van der Waals surface area contributed by atoms with Gasteiger partial charge in [-0.2, -0.15) is 0 Å². The standard InChI is InChI=1S/C14H25N3/c1-12(2)14(3,11-15)17(4)10-7-13-5-8-16-9-6-13/h5-6,8-9,12H,7,10-11,15H2,1-4H3. The molecule has 0 aromatic carbocycles. The Morgan fingerprint density at radius 2 is 1.94 bits per heavy atom. The quantitative estimate of drug-likeness (QED) is 0.819. The molecule has 0 radical (unpaired) electrons. The molecule has 0 saturated carbocycles. The fraction of sp³-hybridized carbons (Fsp3) is 0.643. The van der Waals surface area contributed by atoms with Crippen LogP contribution < -0.4 is 5.73 Å². The van der Waals surface area contributed by atoms with Gasteiger partial charge in [-0.25, -0.2) is 0 Å². The average molecular weight is 235 g/mol. The van der Waals surface area contributed by atoms with Crippen LogP contribution in [0.25, 0.3) is 0 Å². The first-order chi connectivity index (χ1) is 8.00. The molecule has 0 fully saturated rings. The van der Waals surface area contributed by atoms with Crippen molar-refractivity contribution in [3.63, 3.8) is 0 Å². The third kappa shape index (κ3) is 3.51. The van der Waals surface area contributed by atoms with Crippen molar-refractivity contribution < 1.29 is 0 Å². The van der Waals surface area contributed by atoms with Crippen molar-refractivity contribution in [1.82, 2.24) is 9.88 Å². The Morgan fingerprint density at radius 3 is 2.41 bits per heavy atom. The molecule has 96 valence electrons. The summed E-state index contributed by atoms with van der Waals surface area (Å²) in [5.41, 5.74) is 7.33. The molecule has 0 saturated heterocycles. The molecule has 0 bridgehead atoms. The molecule has 1 aromatic rings. The Hall–Kier alpha value is -0.930. The van der Waals surface area contributed by atoms with Crippen molar-refractivity contribution in [3.8, 4) is 0 Å². The van der Waals surface area contributed by atoms with Crippen molar-refractivity contribution in [3.05, 3.63) is 30.1 Å². The second kappa shape index (κ2) is 6.12. The van der Waals surface area contributed by atoms with Gasteiger partial charge in [-0.05, 0) is 44.0 Å². The summed E-state index contributed by atoms with van der Waals surface area (Å²) in [6, 6.07) is 4.14. The van der Waals surface area contributed by atoms with Crippen LogP contribution in [0.15, 0.2) is 24.5 Å². The maximum Gasteiger partial charge on any atom is 0.0323 e. The number of aromatic nitrogens is 1. The van der Waals surface area contributed by atoms with Gasteiger partial charge in [-0.3, -0.25) is 9.88 Å². The molecule has 1 aromatic heterocycles. The predicted octanol–water partition coefficient (Wildman–Crippen LogP) is 1.93. The molecule has 1 heterocycles. The molecule has 17 heavy (non-hydrogen) atoms. The van der Waals surface area contributed by atoms with Crippen molar-refractivity contribution in [2.24, 2.45) is 11.7 Å². The van der Waals surface area contributed by atoms with E-state index in [-0.39, 0.29) is 5.54 Å². The highest BCUT2D eigenvalue weighted by Crippen LogP contribution is 2.22. The summed E-state index contributed by atoms with van der Waals surface area (Å²) in [5.74, 6) is 0.551. The molecule has 0 aliphatic rings. The Morgan fingerprint density at radius 1 is 1.35 bits per heavy atom. The monoisotopic (exact) mass is 235 g/mol. The summed E-state index contributed by atoms with van der Waals surface area (Å²) in [6.45, 7) is 8.42. The molecule has 1 unspecified atom stereocenters. The molecule has 3 heteroatoms. The summed E-state index contributed by atoms with van der Waals surface area (Å²) in [6.07, 6.45) is 4.74. The lowest BCUT2D eigenvalue weighted by Gasteiger charge is -2.41. The fourth-order valence-electron chi connectivity index (χ4n) is 1.93. The maximum absolute atomic E-state index is 5.93. The van der Waals surface area contributed by atoms with Gasteiger partial charge < -0.3 is 5.73 Å². The van der Waals surface area contributed by atoms with Gasteiger partial charge in [0.1, 0.15) is 0 Å². The number of nitrogens with zero attached hydrogens (tertiary/aromatic N) is 2. The SMILES string of the molecule is CC(C)C(C)(CN)N(C)CCc1ccncc1. The van der Waals surface area contributed by atoms with Gasteiger partial charge in [-0.1, -0.05) is 13.8 Å². The first-order valence-corrected chi connectivity index (χ1v) is 6.31. The lowest BCUT2D eigenvalue weighted by atomic mass is 9.86. The molecule has 3 nitrogen and oxygen atoms in total. The largest absolute Gasteiger partial charge is 0.329 e. The minimum atomic E-state index is 0.0764. The predicted molar refractivity (Wildman–Crippen MR) is 72.9 cm³/mol. The Balaban J connectivity index is 2.57. The van der Waals surface area contributed by atoms with Gasteiger partial charge in [0.05, 0.1) is 0 Å². The first kappa shape index (κ1) is 14.1. The van der Waals surface area contributed by atoms with Crippen molar-refractivity contribution in [1.29, 1.82) is 0 Å². The van der Waals surface area contributed by atoms with Gasteiger partial charge in [0.15, 0.2) is 0 Å². The van der Waals surface area contributed by atoms with E-state index in [0.29, 0.717) is 12.5 Å². The minimum Gasteiger partial charge on any atom is -0.329 e. The third-order valence-corrected chi connectivity index (χ3v) is 4.01. The Bertz CT molecular complexity index is 323. The van der Waals surface area contributed by atoms with Crippen LogP contribution in [0.3, 0.4) is 0 Å². The van der Waals surface area contributed by atoms with Crippen molar-refractivity contribution in [2.75, 3.05) is 20.1 Å². The smallest absolute Gasteiger partial charge is 0.0323 e. The zero-order valence-corrected chi connectivity index (χ0v) is 11.5. The number of nitrogens with two attached hydrogens (primary N) is 1. The zero-order chi connectivity index (χ0) is 12.9. The number of pyridine rings is 1. The molecule has 2 N–H and O–H groups in total. The Kier molecular flexibility index (Phi) is 5.09. The summed E-state index contributed by atoms with van der Waals surface area (Å²) in [7, 11) is 2.16. The minimum absolute atomic E-state index is 0.0764. The van der Waals surface area contributed by atoms with Crippen LogP contribution in [-0.2, 0) is 6.42 Å². The molecular weight excluding hydrogens is 210 g/mol. The van der Waals surface area contributed by atoms with E-state index in [1.54, 1.807) is 0 Å². The molecule has 0 amide bonds. The second-order valence-electron chi connectivity index (χ2n) is 5.24. The lowest BCUT2D eigenvalue weighted by Crippen LogP contribution is -2.54. The molecule has 0 aliphatic heterocycles. The Labute approximate surface area is 105 Å². The molecule has 0 aliphatic carbocycles. The first-order valence-electron chi connectivity index (χ1n) is 6.31. The number of rotatable bonds is 6. The van der Waals surface area contributed by atoms with Crippen LogP contribution in [0, 0.1) is 5.92 Å². The van der Waals surface area contributed by atoms with E-state index < -0.39 is 0 Å². The molecular formula is C14H25N3. The lowest BCUT2D eigenvalue weighted by molar-refractivity contribution is 0.0963. The van der Waals surface area contributed by atoms with Gasteiger partial charge in [0.25, 0.3) is 0 Å². The number of hydrogen-bond acceptors (Lipinski definition) is 3. The highest BCUT2D eigenvalue weighted by Gasteiger charge is 2.30. The van der Waals surface area contributed by atoms with E-state index in [4.69, 9.17) is 5.73 Å². The van der Waals surface area contributed by atoms with E-state index in [0.717, 1.165) is 13.0 Å². The topological polar surface area (TPSA) is 42.1 Å². The molecule has 1 rings (SSSR count). The zero-order valence-electron chi connectivity index (χ0n) is 11.5. The fourth-order valence-corrected chi connectivity index (χ4v) is 1.93.